The Labute approximate surface area is 78.9 Å². The topological polar surface area (TPSA) is 48.1 Å². The molecule has 0 aromatic carbocycles. The number of rotatable bonds is 4. The summed E-state index contributed by atoms with van der Waals surface area (Å²) in [4.78, 5) is 4.21. The maximum Gasteiger partial charge on any atom is 0.0547 e. The summed E-state index contributed by atoms with van der Waals surface area (Å²) in [6, 6.07) is 3.70. The quantitative estimate of drug-likeness (QED) is 0.766. The lowest BCUT2D eigenvalue weighted by Gasteiger charge is -2.08. The van der Waals surface area contributed by atoms with Crippen LogP contribution in [0.3, 0.4) is 0 Å². The third-order valence-electron chi connectivity index (χ3n) is 2.05. The lowest BCUT2D eigenvalue weighted by molar-refractivity contribution is 0.111. The van der Waals surface area contributed by atoms with Gasteiger partial charge in [-0.2, -0.15) is 0 Å². The Morgan fingerprint density at radius 1 is 1.62 bits per heavy atom. The molecule has 1 aromatic heterocycles. The first kappa shape index (κ1) is 9.99. The normalized spacial score (nSPS) is 12.8. The Hall–Kier alpha value is -1.09. The minimum absolute atomic E-state index is 0.281. The van der Waals surface area contributed by atoms with Gasteiger partial charge in [-0.15, -0.1) is 0 Å². The number of anilines is 1. The van der Waals surface area contributed by atoms with Gasteiger partial charge in [0.1, 0.15) is 0 Å². The molecule has 1 aromatic rings. The fourth-order valence-electron chi connectivity index (χ4n) is 1.10. The summed E-state index contributed by atoms with van der Waals surface area (Å²) in [5.41, 5.74) is 7.43. The fourth-order valence-corrected chi connectivity index (χ4v) is 1.10. The summed E-state index contributed by atoms with van der Waals surface area (Å²) in [7, 11) is 1.72. The molecule has 1 unspecified atom stereocenters. The fraction of sp³-hybridized carbons (Fsp3) is 0.500. The van der Waals surface area contributed by atoms with Gasteiger partial charge in [-0.3, -0.25) is 4.98 Å². The number of ether oxygens (including phenoxy) is 1. The lowest BCUT2D eigenvalue weighted by atomic mass is 10.1. The second-order valence-corrected chi connectivity index (χ2v) is 3.17. The van der Waals surface area contributed by atoms with Crippen molar-refractivity contribution in [1.29, 1.82) is 0 Å². The van der Waals surface area contributed by atoms with E-state index in [1.54, 1.807) is 19.4 Å². The minimum Gasteiger partial charge on any atom is -0.399 e. The average Bonchev–Trinajstić information content (AvgIpc) is 2.14. The van der Waals surface area contributed by atoms with Crippen LogP contribution in [0.2, 0.25) is 0 Å². The third-order valence-corrected chi connectivity index (χ3v) is 2.05. The molecule has 1 atom stereocenters. The maximum absolute atomic E-state index is 5.63. The van der Waals surface area contributed by atoms with Gasteiger partial charge in [-0.25, -0.2) is 0 Å². The maximum atomic E-state index is 5.63. The molecule has 3 heteroatoms. The molecule has 0 fully saturated rings. The van der Waals surface area contributed by atoms with E-state index in [4.69, 9.17) is 10.5 Å². The summed E-state index contributed by atoms with van der Waals surface area (Å²) < 4.78 is 5.14. The number of nitrogen functional groups attached to an aromatic ring is 1. The van der Waals surface area contributed by atoms with Gasteiger partial charge in [0.15, 0.2) is 0 Å². The van der Waals surface area contributed by atoms with Crippen molar-refractivity contribution >= 4 is 5.69 Å². The number of hydrogen-bond acceptors (Lipinski definition) is 3. The largest absolute Gasteiger partial charge is 0.399 e. The lowest BCUT2D eigenvalue weighted by Crippen LogP contribution is -2.06. The van der Waals surface area contributed by atoms with Crippen LogP contribution < -0.4 is 5.73 Å². The Balaban J connectivity index is 2.45. The van der Waals surface area contributed by atoms with E-state index in [1.807, 2.05) is 13.0 Å². The van der Waals surface area contributed by atoms with E-state index >= 15 is 0 Å². The number of hydrogen-bond donors (Lipinski definition) is 1. The van der Waals surface area contributed by atoms with Crippen LogP contribution in [-0.2, 0) is 11.2 Å². The predicted molar refractivity (Wildman–Crippen MR) is 53.4 cm³/mol. The Morgan fingerprint density at radius 3 is 3.00 bits per heavy atom. The smallest absolute Gasteiger partial charge is 0.0547 e. The molecule has 13 heavy (non-hydrogen) atoms. The molecule has 3 nitrogen and oxygen atoms in total. The SMILES string of the molecule is COC(C)CCc1cc(N)ccn1. The van der Waals surface area contributed by atoms with Crippen LogP contribution in [0, 0.1) is 0 Å². The van der Waals surface area contributed by atoms with Crippen LogP contribution in [0.4, 0.5) is 5.69 Å². The van der Waals surface area contributed by atoms with E-state index in [0.717, 1.165) is 24.2 Å². The van der Waals surface area contributed by atoms with Crippen LogP contribution in [0.25, 0.3) is 0 Å². The number of nitrogens with zero attached hydrogens (tertiary/aromatic N) is 1. The highest BCUT2D eigenvalue weighted by molar-refractivity contribution is 5.37. The Bertz CT molecular complexity index is 263. The molecule has 0 saturated carbocycles. The predicted octanol–water partition coefficient (Wildman–Crippen LogP) is 1.63. The first-order chi connectivity index (χ1) is 6.22. The van der Waals surface area contributed by atoms with Gasteiger partial charge < -0.3 is 10.5 Å². The molecule has 1 rings (SSSR count). The summed E-state index contributed by atoms with van der Waals surface area (Å²) in [6.45, 7) is 2.05. The molecular formula is C10H16N2O. The molecule has 1 heterocycles. The van der Waals surface area contributed by atoms with Crippen LogP contribution >= 0.6 is 0 Å². The average molecular weight is 180 g/mol. The monoisotopic (exact) mass is 180 g/mol. The van der Waals surface area contributed by atoms with Crippen molar-refractivity contribution in [2.24, 2.45) is 0 Å². The zero-order valence-corrected chi connectivity index (χ0v) is 8.16. The van der Waals surface area contributed by atoms with E-state index in [2.05, 4.69) is 4.98 Å². The molecule has 0 amide bonds. The van der Waals surface area contributed by atoms with Crippen molar-refractivity contribution in [2.45, 2.75) is 25.9 Å². The van der Waals surface area contributed by atoms with Gasteiger partial charge >= 0.3 is 0 Å². The highest BCUT2D eigenvalue weighted by Crippen LogP contribution is 2.07. The second kappa shape index (κ2) is 4.82. The Kier molecular flexibility index (Phi) is 3.71. The van der Waals surface area contributed by atoms with Crippen molar-refractivity contribution in [1.82, 2.24) is 4.98 Å². The van der Waals surface area contributed by atoms with E-state index in [-0.39, 0.29) is 6.10 Å². The van der Waals surface area contributed by atoms with Gasteiger partial charge in [0.05, 0.1) is 6.10 Å². The highest BCUT2D eigenvalue weighted by atomic mass is 16.5. The van der Waals surface area contributed by atoms with E-state index in [0.29, 0.717) is 0 Å². The van der Waals surface area contributed by atoms with Crippen molar-refractivity contribution in [3.05, 3.63) is 24.0 Å². The van der Waals surface area contributed by atoms with Gasteiger partial charge in [-0.1, -0.05) is 0 Å². The van der Waals surface area contributed by atoms with Crippen molar-refractivity contribution in [2.75, 3.05) is 12.8 Å². The standard InChI is InChI=1S/C10H16N2O/c1-8(13-2)3-4-10-7-9(11)5-6-12-10/h5-8H,3-4H2,1-2H3,(H2,11,12). The number of aryl methyl sites for hydroxylation is 1. The third kappa shape index (κ3) is 3.42. The van der Waals surface area contributed by atoms with Crippen molar-refractivity contribution in [3.8, 4) is 0 Å². The first-order valence-corrected chi connectivity index (χ1v) is 4.45. The molecule has 72 valence electrons. The van der Waals surface area contributed by atoms with Gasteiger partial charge in [0, 0.05) is 24.7 Å². The molecule has 0 radical (unpaired) electrons. The van der Waals surface area contributed by atoms with Crippen molar-refractivity contribution in [3.63, 3.8) is 0 Å². The molecule has 0 aliphatic rings. The van der Waals surface area contributed by atoms with E-state index < -0.39 is 0 Å². The van der Waals surface area contributed by atoms with Crippen LogP contribution in [0.15, 0.2) is 18.3 Å². The molecule has 0 saturated heterocycles. The molecule has 2 N–H and O–H groups in total. The summed E-state index contributed by atoms with van der Waals surface area (Å²) in [5.74, 6) is 0. The number of methoxy groups -OCH3 is 1. The van der Waals surface area contributed by atoms with E-state index in [9.17, 15) is 0 Å². The Morgan fingerprint density at radius 2 is 2.38 bits per heavy atom. The van der Waals surface area contributed by atoms with Crippen LogP contribution in [0.1, 0.15) is 19.0 Å². The zero-order valence-electron chi connectivity index (χ0n) is 8.16. The number of nitrogens with two attached hydrogens (primary N) is 1. The van der Waals surface area contributed by atoms with Gasteiger partial charge in [0.25, 0.3) is 0 Å². The number of aromatic nitrogens is 1. The van der Waals surface area contributed by atoms with Crippen LogP contribution in [0.5, 0.6) is 0 Å². The van der Waals surface area contributed by atoms with Gasteiger partial charge in [-0.05, 0) is 31.9 Å². The molecule has 0 aliphatic carbocycles. The zero-order chi connectivity index (χ0) is 9.68. The number of pyridine rings is 1. The molecule has 0 spiro atoms. The summed E-state index contributed by atoms with van der Waals surface area (Å²) >= 11 is 0. The summed E-state index contributed by atoms with van der Waals surface area (Å²) in [6.07, 6.45) is 3.91. The first-order valence-electron chi connectivity index (χ1n) is 4.45. The highest BCUT2D eigenvalue weighted by Gasteiger charge is 2.01. The van der Waals surface area contributed by atoms with Gasteiger partial charge in [0.2, 0.25) is 0 Å². The molecule has 0 bridgehead atoms. The molecule has 0 aliphatic heterocycles. The van der Waals surface area contributed by atoms with E-state index in [1.165, 1.54) is 0 Å². The summed E-state index contributed by atoms with van der Waals surface area (Å²) in [5, 5.41) is 0. The molecular weight excluding hydrogens is 164 g/mol. The second-order valence-electron chi connectivity index (χ2n) is 3.17. The van der Waals surface area contributed by atoms with Crippen LogP contribution in [-0.4, -0.2) is 18.2 Å². The minimum atomic E-state index is 0.281. The van der Waals surface area contributed by atoms with Crippen molar-refractivity contribution < 1.29 is 4.74 Å².